The molecule has 4 aliphatic heterocycles. The summed E-state index contributed by atoms with van der Waals surface area (Å²) in [4.78, 5) is 5.87. The fraction of sp³-hybridized carbons (Fsp3) is 0.156. The molecule has 0 saturated carbocycles. The second-order valence-corrected chi connectivity index (χ2v) is 14.1. The molecule has 4 unspecified atom stereocenters. The van der Waals surface area contributed by atoms with Crippen molar-refractivity contribution in [3.63, 3.8) is 0 Å². The Morgan fingerprint density at radius 3 is 2.54 bits per heavy atom. The Balaban J connectivity index is 1.07. The summed E-state index contributed by atoms with van der Waals surface area (Å²) in [6.45, 7) is 0. The van der Waals surface area contributed by atoms with Gasteiger partial charge in [-0.05, 0) is 95.9 Å². The maximum Gasteiger partial charge on any atom is 0.132 e. The first kappa shape index (κ1) is 28.0. The lowest BCUT2D eigenvalue weighted by Gasteiger charge is -2.48. The Labute approximate surface area is 291 Å². The number of aromatic amines is 1. The quantitative estimate of drug-likeness (QED) is 0.204. The number of nitrogens with one attached hydrogen (secondary N) is 2. The topological polar surface area (TPSA) is 49.5 Å². The third kappa shape index (κ3) is 3.83. The average Bonchev–Trinajstić information content (AvgIpc) is 3.94. The molecule has 50 heavy (non-hydrogen) atoms. The Morgan fingerprint density at radius 1 is 0.760 bits per heavy atom. The number of anilines is 2. The standard InChI is InChI=1S/C45H35N3O2/c1-2-9-31(10-3-1)48-39-21-18-28(25-33(39)32-22-24-47-44(32)48)29-16-19-36-42(26-29)49-40-14-6-4-11-34(40)45(36)35-12-5-7-15-41(35)50-43-27-30(17-20-37(43)45)38-13-8-23-46-38/h1-4,6-11,13-26,30,32,44,46-47H,5,12,27H2. The fourth-order valence-electron chi connectivity index (χ4n) is 9.38. The van der Waals surface area contributed by atoms with E-state index in [0.29, 0.717) is 0 Å². The van der Waals surface area contributed by atoms with Crippen LogP contribution in [0.4, 0.5) is 11.4 Å². The highest BCUT2D eigenvalue weighted by molar-refractivity contribution is 5.80. The van der Waals surface area contributed by atoms with Crippen LogP contribution in [0.3, 0.4) is 0 Å². The molecule has 0 fully saturated rings. The van der Waals surface area contributed by atoms with E-state index >= 15 is 0 Å². The largest absolute Gasteiger partial charge is 0.461 e. The molecule has 6 aliphatic rings. The van der Waals surface area contributed by atoms with Crippen molar-refractivity contribution in [3.8, 4) is 22.6 Å². The van der Waals surface area contributed by atoms with E-state index in [4.69, 9.17) is 9.47 Å². The Kier molecular flexibility index (Phi) is 5.89. The van der Waals surface area contributed by atoms with Gasteiger partial charge in [-0.1, -0.05) is 78.9 Å². The van der Waals surface area contributed by atoms with Gasteiger partial charge >= 0.3 is 0 Å². The molecule has 4 atom stereocenters. The van der Waals surface area contributed by atoms with Crippen LogP contribution in [0.2, 0.25) is 0 Å². The summed E-state index contributed by atoms with van der Waals surface area (Å²) < 4.78 is 13.7. The lowest BCUT2D eigenvalue weighted by atomic mass is 9.59. The molecule has 4 aromatic carbocycles. The molecule has 5 aromatic rings. The normalized spacial score (nSPS) is 24.9. The lowest BCUT2D eigenvalue weighted by Crippen LogP contribution is -2.40. The predicted octanol–water partition coefficient (Wildman–Crippen LogP) is 10.4. The summed E-state index contributed by atoms with van der Waals surface area (Å²) in [5, 5.41) is 3.61. The fourth-order valence-corrected chi connectivity index (χ4v) is 9.38. The summed E-state index contributed by atoms with van der Waals surface area (Å²) in [5.74, 6) is 4.34. The molecule has 5 heteroatoms. The zero-order chi connectivity index (χ0) is 32.8. The molecular formula is C45H35N3O2. The highest BCUT2D eigenvalue weighted by Crippen LogP contribution is 2.62. The van der Waals surface area contributed by atoms with Crippen LogP contribution < -0.4 is 15.0 Å². The molecule has 2 N–H and O–H groups in total. The number of H-pyrrole nitrogens is 1. The molecule has 11 rings (SSSR count). The van der Waals surface area contributed by atoms with Crippen LogP contribution in [0, 0.1) is 0 Å². The lowest BCUT2D eigenvalue weighted by molar-refractivity contribution is 0.258. The van der Waals surface area contributed by atoms with E-state index in [0.717, 1.165) is 47.8 Å². The smallest absolute Gasteiger partial charge is 0.132 e. The second kappa shape index (κ2) is 10.5. The van der Waals surface area contributed by atoms with Crippen molar-refractivity contribution >= 4 is 11.4 Å². The Hall–Kier alpha value is -5.94. The first-order valence-corrected chi connectivity index (χ1v) is 17.7. The Bertz CT molecular complexity index is 2360. The number of benzene rings is 4. The van der Waals surface area contributed by atoms with Gasteiger partial charge in [-0.15, -0.1) is 0 Å². The average molecular weight is 650 g/mol. The van der Waals surface area contributed by atoms with Gasteiger partial charge < -0.3 is 24.7 Å². The van der Waals surface area contributed by atoms with Crippen molar-refractivity contribution in [1.29, 1.82) is 0 Å². The minimum absolute atomic E-state index is 0.175. The molecule has 5 nitrogen and oxygen atoms in total. The minimum atomic E-state index is -0.505. The maximum atomic E-state index is 6.88. The molecule has 2 aliphatic carbocycles. The highest BCUT2D eigenvalue weighted by atomic mass is 16.5. The van der Waals surface area contributed by atoms with Crippen LogP contribution in [0.1, 0.15) is 53.5 Å². The van der Waals surface area contributed by atoms with E-state index in [1.165, 1.54) is 50.5 Å². The molecule has 5 heterocycles. The monoisotopic (exact) mass is 649 g/mol. The van der Waals surface area contributed by atoms with E-state index in [-0.39, 0.29) is 18.0 Å². The number of ether oxygens (including phenoxy) is 2. The predicted molar refractivity (Wildman–Crippen MR) is 197 cm³/mol. The van der Waals surface area contributed by atoms with Crippen LogP contribution in [0.25, 0.3) is 11.1 Å². The number of hydrogen-bond acceptors (Lipinski definition) is 4. The van der Waals surface area contributed by atoms with Crippen molar-refractivity contribution < 1.29 is 9.47 Å². The zero-order valence-electron chi connectivity index (χ0n) is 27.5. The number of aromatic nitrogens is 1. The molecule has 1 spiro atoms. The van der Waals surface area contributed by atoms with Gasteiger partial charge in [-0.3, -0.25) is 0 Å². The highest BCUT2D eigenvalue weighted by Gasteiger charge is 2.53. The third-order valence-electron chi connectivity index (χ3n) is 11.5. The van der Waals surface area contributed by atoms with Gasteiger partial charge in [0.25, 0.3) is 0 Å². The molecule has 0 saturated heterocycles. The van der Waals surface area contributed by atoms with Crippen molar-refractivity contribution in [2.45, 2.75) is 42.7 Å². The SMILES string of the molecule is C1=CC2=C(CC1)C1(C3=C(CC(c4ccc[nH]4)C=C3)O2)c2ccccc2Oc2cc(-c3ccc4c(c3)C3C=CNC3N4c3ccccc3)ccc21. The second-order valence-electron chi connectivity index (χ2n) is 14.1. The summed E-state index contributed by atoms with van der Waals surface area (Å²) in [5.41, 5.74) is 11.7. The summed E-state index contributed by atoms with van der Waals surface area (Å²) in [6.07, 6.45) is 18.4. The number of hydrogen-bond donors (Lipinski definition) is 2. The third-order valence-corrected chi connectivity index (χ3v) is 11.5. The van der Waals surface area contributed by atoms with Gasteiger partial charge in [-0.2, -0.15) is 0 Å². The van der Waals surface area contributed by atoms with Crippen LogP contribution in [-0.4, -0.2) is 11.1 Å². The van der Waals surface area contributed by atoms with Crippen LogP contribution in [0.15, 0.2) is 169 Å². The number of fused-ring (bicyclic) bond motifs is 9. The molecule has 0 bridgehead atoms. The van der Waals surface area contributed by atoms with Crippen molar-refractivity contribution in [2.24, 2.45) is 0 Å². The van der Waals surface area contributed by atoms with Gasteiger partial charge in [0.1, 0.15) is 29.2 Å². The molecular weight excluding hydrogens is 615 g/mol. The maximum absolute atomic E-state index is 6.88. The molecule has 0 radical (unpaired) electrons. The van der Waals surface area contributed by atoms with E-state index in [9.17, 15) is 0 Å². The van der Waals surface area contributed by atoms with Gasteiger partial charge in [0.05, 0.1) is 5.41 Å². The number of allylic oxidation sites excluding steroid dienone is 7. The molecule has 0 amide bonds. The van der Waals surface area contributed by atoms with E-state index in [1.807, 2.05) is 6.20 Å². The van der Waals surface area contributed by atoms with Crippen molar-refractivity contribution in [2.75, 3.05) is 4.90 Å². The summed E-state index contributed by atoms with van der Waals surface area (Å²) in [6, 6.07) is 37.4. The van der Waals surface area contributed by atoms with Gasteiger partial charge in [-0.25, -0.2) is 0 Å². The van der Waals surface area contributed by atoms with Crippen molar-refractivity contribution in [1.82, 2.24) is 10.3 Å². The van der Waals surface area contributed by atoms with Gasteiger partial charge in [0.2, 0.25) is 0 Å². The van der Waals surface area contributed by atoms with E-state index in [1.54, 1.807) is 0 Å². The first-order chi connectivity index (χ1) is 24.8. The minimum Gasteiger partial charge on any atom is -0.461 e. The van der Waals surface area contributed by atoms with Crippen LogP contribution in [0.5, 0.6) is 11.5 Å². The number of para-hydroxylation sites is 2. The Morgan fingerprint density at radius 2 is 1.62 bits per heavy atom. The first-order valence-electron chi connectivity index (χ1n) is 17.7. The van der Waals surface area contributed by atoms with E-state index in [2.05, 4.69) is 155 Å². The number of nitrogens with zero attached hydrogens (tertiary/aromatic N) is 1. The van der Waals surface area contributed by atoms with Crippen LogP contribution in [-0.2, 0) is 10.2 Å². The molecule has 1 aromatic heterocycles. The molecule has 242 valence electrons. The van der Waals surface area contributed by atoms with Gasteiger partial charge in [0.15, 0.2) is 0 Å². The summed E-state index contributed by atoms with van der Waals surface area (Å²) in [7, 11) is 0. The summed E-state index contributed by atoms with van der Waals surface area (Å²) >= 11 is 0. The zero-order valence-corrected chi connectivity index (χ0v) is 27.5. The van der Waals surface area contributed by atoms with E-state index < -0.39 is 5.41 Å². The van der Waals surface area contributed by atoms with Gasteiger partial charge in [0, 0.05) is 58.2 Å². The van der Waals surface area contributed by atoms with Crippen LogP contribution >= 0.6 is 0 Å². The number of rotatable bonds is 3. The van der Waals surface area contributed by atoms with Crippen molar-refractivity contribution in [3.05, 3.63) is 191 Å².